The highest BCUT2D eigenvalue weighted by molar-refractivity contribution is 7.10. The second-order valence-electron chi connectivity index (χ2n) is 6.81. The third-order valence-electron chi connectivity index (χ3n) is 4.98. The second-order valence-corrected chi connectivity index (χ2v) is 7.67. The van der Waals surface area contributed by atoms with Crippen LogP contribution in [0, 0.1) is 23.7 Å². The van der Waals surface area contributed by atoms with Gasteiger partial charge in [-0.15, -0.1) is 17.8 Å². The number of nitrogens with one attached hydrogen (secondary N) is 2. The number of likely N-dealkylation sites (tertiary alicyclic amines) is 1. The van der Waals surface area contributed by atoms with Gasteiger partial charge in [0, 0.05) is 18.5 Å². The number of aromatic nitrogens is 1. The zero-order valence-electron chi connectivity index (χ0n) is 16.2. The van der Waals surface area contributed by atoms with E-state index in [1.807, 2.05) is 18.2 Å². The van der Waals surface area contributed by atoms with E-state index in [2.05, 4.69) is 27.6 Å². The summed E-state index contributed by atoms with van der Waals surface area (Å²) in [5.41, 5.74) is 1.65. The summed E-state index contributed by atoms with van der Waals surface area (Å²) in [7, 11) is 0. The highest BCUT2D eigenvalue weighted by Gasteiger charge is 2.30. The summed E-state index contributed by atoms with van der Waals surface area (Å²) in [6, 6.07) is 8.01. The lowest BCUT2D eigenvalue weighted by molar-refractivity contribution is -0.135. The molecule has 1 aromatic carbocycles. The number of urea groups is 1. The number of amides is 3. The van der Waals surface area contributed by atoms with E-state index in [1.54, 1.807) is 16.3 Å². The summed E-state index contributed by atoms with van der Waals surface area (Å²) < 4.78 is 0. The Morgan fingerprint density at radius 1 is 1.37 bits per heavy atom. The Morgan fingerprint density at radius 3 is 2.73 bits per heavy atom. The third kappa shape index (κ3) is 4.95. The summed E-state index contributed by atoms with van der Waals surface area (Å²) in [5.74, 6) is 2.51. The Kier molecular flexibility index (Phi) is 7.02. The van der Waals surface area contributed by atoms with Crippen LogP contribution in [0.3, 0.4) is 0 Å². The van der Waals surface area contributed by atoms with Crippen molar-refractivity contribution in [2.24, 2.45) is 0 Å². The monoisotopic (exact) mass is 423 g/mol. The van der Waals surface area contributed by atoms with Crippen LogP contribution in [0.5, 0.6) is 0 Å². The Labute approximate surface area is 178 Å². The van der Waals surface area contributed by atoms with Crippen LogP contribution in [0.15, 0.2) is 29.6 Å². The number of piperidine rings is 1. The molecule has 1 aliphatic rings. The van der Waals surface area contributed by atoms with Crippen LogP contribution in [0.4, 0.5) is 10.6 Å². The van der Waals surface area contributed by atoms with Crippen LogP contribution in [-0.4, -0.2) is 52.7 Å². The minimum absolute atomic E-state index is 0.198. The molecule has 3 rings (SSSR count). The lowest BCUT2D eigenvalue weighted by atomic mass is 9.86. The van der Waals surface area contributed by atoms with Crippen molar-refractivity contribution in [2.75, 3.05) is 25.0 Å². The average Bonchev–Trinajstić information content (AvgIpc) is 3.24. The van der Waals surface area contributed by atoms with Crippen molar-refractivity contribution in [1.82, 2.24) is 15.2 Å². The van der Waals surface area contributed by atoms with Crippen LogP contribution in [0.1, 0.15) is 34.9 Å². The van der Waals surface area contributed by atoms with Gasteiger partial charge in [0.2, 0.25) is 5.91 Å². The molecule has 2 heterocycles. The summed E-state index contributed by atoms with van der Waals surface area (Å²) in [4.78, 5) is 30.6. The standard InChI is InChI=1S/C21H21N5O3S/c1-2-19-24-18(13-30-19)25-21(29)23-17(12-27)20(28)26-9-7-14(8-10-26)16-6-4-3-5-15(16)11-22/h1,3-6,13-14,17,27H,7-10,12H2,(H2,23,25,29)/t17-/m1/s1. The summed E-state index contributed by atoms with van der Waals surface area (Å²) >= 11 is 1.21. The molecule has 0 aliphatic carbocycles. The SMILES string of the molecule is C#Cc1nc(NC(=O)N[C@H](CO)C(=O)N2CCC(c3ccccc3C#N)CC2)cs1. The third-order valence-corrected chi connectivity index (χ3v) is 5.76. The van der Waals surface area contributed by atoms with Crippen molar-refractivity contribution in [2.45, 2.75) is 24.8 Å². The highest BCUT2D eigenvalue weighted by Crippen LogP contribution is 2.30. The maximum absolute atomic E-state index is 12.8. The number of terminal acetylenes is 1. The molecule has 0 spiro atoms. The van der Waals surface area contributed by atoms with E-state index in [0.717, 1.165) is 5.56 Å². The molecule has 1 aromatic heterocycles. The number of hydrogen-bond acceptors (Lipinski definition) is 6. The van der Waals surface area contributed by atoms with Crippen LogP contribution >= 0.6 is 11.3 Å². The molecular weight excluding hydrogens is 402 g/mol. The van der Waals surface area contributed by atoms with Gasteiger partial charge >= 0.3 is 6.03 Å². The molecule has 0 radical (unpaired) electrons. The first-order chi connectivity index (χ1) is 14.5. The largest absolute Gasteiger partial charge is 0.394 e. The first kappa shape index (κ1) is 21.3. The maximum atomic E-state index is 12.8. The smallest absolute Gasteiger partial charge is 0.321 e. The average molecular weight is 423 g/mol. The number of aliphatic hydroxyl groups is 1. The van der Waals surface area contributed by atoms with E-state index < -0.39 is 18.7 Å². The lowest BCUT2D eigenvalue weighted by Crippen LogP contribution is -2.53. The van der Waals surface area contributed by atoms with Gasteiger partial charge in [-0.05, 0) is 36.3 Å². The molecule has 3 amide bonds. The van der Waals surface area contributed by atoms with E-state index >= 15 is 0 Å². The molecule has 30 heavy (non-hydrogen) atoms. The van der Waals surface area contributed by atoms with Crippen molar-refractivity contribution in [1.29, 1.82) is 5.26 Å². The van der Waals surface area contributed by atoms with Crippen LogP contribution in [-0.2, 0) is 4.79 Å². The van der Waals surface area contributed by atoms with E-state index in [9.17, 15) is 20.0 Å². The van der Waals surface area contributed by atoms with Gasteiger partial charge in [-0.2, -0.15) is 5.26 Å². The predicted octanol–water partition coefficient (Wildman–Crippen LogP) is 1.88. The number of hydrogen-bond donors (Lipinski definition) is 3. The summed E-state index contributed by atoms with van der Waals surface area (Å²) in [6.45, 7) is 0.456. The molecule has 1 aliphatic heterocycles. The number of nitriles is 1. The van der Waals surface area contributed by atoms with Gasteiger partial charge in [0.1, 0.15) is 11.9 Å². The van der Waals surface area contributed by atoms with Gasteiger partial charge in [-0.3, -0.25) is 10.1 Å². The number of aliphatic hydroxyl groups excluding tert-OH is 1. The Hall–Kier alpha value is -3.40. The minimum Gasteiger partial charge on any atom is -0.394 e. The molecule has 0 bridgehead atoms. The Balaban J connectivity index is 1.55. The molecule has 1 atom stereocenters. The van der Waals surface area contributed by atoms with Crippen LogP contribution in [0.2, 0.25) is 0 Å². The van der Waals surface area contributed by atoms with E-state index in [4.69, 9.17) is 6.42 Å². The molecule has 8 nitrogen and oxygen atoms in total. The number of nitrogens with zero attached hydrogens (tertiary/aromatic N) is 3. The fourth-order valence-corrected chi connectivity index (χ4v) is 4.03. The van der Waals surface area contributed by atoms with Gasteiger partial charge in [0.25, 0.3) is 0 Å². The van der Waals surface area contributed by atoms with E-state index in [1.165, 1.54) is 11.3 Å². The van der Waals surface area contributed by atoms with Crippen molar-refractivity contribution < 1.29 is 14.7 Å². The van der Waals surface area contributed by atoms with E-state index in [-0.39, 0.29) is 17.6 Å². The highest BCUT2D eigenvalue weighted by atomic mass is 32.1. The number of carbonyl (C=O) groups is 2. The fraction of sp³-hybridized carbons (Fsp3) is 0.333. The predicted molar refractivity (Wildman–Crippen MR) is 113 cm³/mol. The first-order valence-corrected chi connectivity index (χ1v) is 10.3. The normalized spacial score (nSPS) is 15.0. The number of thiazole rings is 1. The van der Waals surface area contributed by atoms with Crippen molar-refractivity contribution in [3.63, 3.8) is 0 Å². The molecule has 1 fully saturated rings. The molecule has 9 heteroatoms. The number of benzene rings is 1. The van der Waals surface area contributed by atoms with Crippen molar-refractivity contribution in [3.8, 4) is 18.4 Å². The molecule has 1 saturated heterocycles. The molecule has 0 saturated carbocycles. The zero-order chi connectivity index (χ0) is 21.5. The molecule has 2 aromatic rings. The second kappa shape index (κ2) is 9.88. The number of rotatable bonds is 5. The maximum Gasteiger partial charge on any atom is 0.321 e. The molecule has 0 unspecified atom stereocenters. The van der Waals surface area contributed by atoms with Crippen molar-refractivity contribution >= 4 is 29.1 Å². The Bertz CT molecular complexity index is 999. The quantitative estimate of drug-likeness (QED) is 0.635. The zero-order valence-corrected chi connectivity index (χ0v) is 17.0. The summed E-state index contributed by atoms with van der Waals surface area (Å²) in [6.07, 6.45) is 6.67. The molecular formula is C21H21N5O3S. The Morgan fingerprint density at radius 2 is 2.10 bits per heavy atom. The van der Waals surface area contributed by atoms with Crippen LogP contribution in [0.25, 0.3) is 0 Å². The van der Waals surface area contributed by atoms with Gasteiger partial charge in [-0.1, -0.05) is 18.2 Å². The van der Waals surface area contributed by atoms with Crippen molar-refractivity contribution in [3.05, 3.63) is 45.8 Å². The number of anilines is 1. The molecule has 3 N–H and O–H groups in total. The first-order valence-electron chi connectivity index (χ1n) is 9.44. The van der Waals surface area contributed by atoms with Gasteiger partial charge in [-0.25, -0.2) is 9.78 Å². The molecule has 154 valence electrons. The van der Waals surface area contributed by atoms with Crippen LogP contribution < -0.4 is 10.6 Å². The summed E-state index contributed by atoms with van der Waals surface area (Å²) in [5, 5.41) is 25.9. The van der Waals surface area contributed by atoms with Gasteiger partial charge < -0.3 is 15.3 Å². The number of carbonyl (C=O) groups excluding carboxylic acids is 2. The minimum atomic E-state index is -1.06. The lowest BCUT2D eigenvalue weighted by Gasteiger charge is -2.34. The van der Waals surface area contributed by atoms with Gasteiger partial charge in [0.05, 0.1) is 18.2 Å². The van der Waals surface area contributed by atoms with E-state index in [0.29, 0.717) is 36.5 Å². The fourth-order valence-electron chi connectivity index (χ4n) is 3.48. The van der Waals surface area contributed by atoms with Gasteiger partial charge in [0.15, 0.2) is 5.01 Å². The topological polar surface area (TPSA) is 118 Å².